The molecule has 2 aliphatic heterocycles. The number of ether oxygens (including phenoxy) is 3. The number of anilines is 1. The van der Waals surface area contributed by atoms with Gasteiger partial charge in [0.25, 0.3) is 0 Å². The molecule has 0 spiro atoms. The van der Waals surface area contributed by atoms with Crippen molar-refractivity contribution in [2.24, 2.45) is 0 Å². The van der Waals surface area contributed by atoms with Crippen LogP contribution in [0.25, 0.3) is 0 Å². The maximum atomic E-state index is 12.3. The molecule has 2 aliphatic rings. The smallest absolute Gasteiger partial charge is 0.387 e. The number of nitrogens with one attached hydrogen (secondary N) is 1. The van der Waals surface area contributed by atoms with Crippen molar-refractivity contribution < 1.29 is 23.0 Å². The second-order valence-electron chi connectivity index (χ2n) is 6.59. The Morgan fingerprint density at radius 3 is 2.61 bits per heavy atom. The van der Waals surface area contributed by atoms with E-state index >= 15 is 0 Å². The molecule has 0 radical (unpaired) electrons. The molecule has 2 aromatic rings. The molecule has 1 saturated heterocycles. The summed E-state index contributed by atoms with van der Waals surface area (Å²) in [5, 5.41) is 3.78. The SMILES string of the molecule is FC(F)Oc1ccc(NC(=S)N2CCC[C@H]2c2ccc3c(c2)OCCO3)cc1. The van der Waals surface area contributed by atoms with Crippen molar-refractivity contribution >= 4 is 23.0 Å². The van der Waals surface area contributed by atoms with E-state index in [-0.39, 0.29) is 11.8 Å². The van der Waals surface area contributed by atoms with Crippen molar-refractivity contribution in [2.75, 3.05) is 25.1 Å². The van der Waals surface area contributed by atoms with Crippen molar-refractivity contribution in [1.29, 1.82) is 0 Å². The van der Waals surface area contributed by atoms with Gasteiger partial charge in [0.2, 0.25) is 0 Å². The summed E-state index contributed by atoms with van der Waals surface area (Å²) in [5.74, 6) is 1.65. The van der Waals surface area contributed by atoms with Crippen LogP contribution in [-0.2, 0) is 0 Å². The Morgan fingerprint density at radius 2 is 1.86 bits per heavy atom. The number of alkyl halides is 2. The molecule has 2 aromatic carbocycles. The van der Waals surface area contributed by atoms with E-state index in [1.54, 1.807) is 12.1 Å². The highest BCUT2D eigenvalue weighted by atomic mass is 32.1. The van der Waals surface area contributed by atoms with Gasteiger partial charge in [0.05, 0.1) is 6.04 Å². The maximum Gasteiger partial charge on any atom is 0.387 e. The quantitative estimate of drug-likeness (QED) is 0.749. The van der Waals surface area contributed by atoms with Gasteiger partial charge in [0.1, 0.15) is 19.0 Å². The zero-order valence-electron chi connectivity index (χ0n) is 15.1. The summed E-state index contributed by atoms with van der Waals surface area (Å²) in [6.45, 7) is -0.874. The molecule has 0 aliphatic carbocycles. The fourth-order valence-electron chi connectivity index (χ4n) is 3.54. The minimum atomic E-state index is -2.84. The number of fused-ring (bicyclic) bond motifs is 1. The number of hydrogen-bond acceptors (Lipinski definition) is 4. The summed E-state index contributed by atoms with van der Waals surface area (Å²) in [6.07, 6.45) is 2.02. The molecule has 1 atom stereocenters. The molecule has 8 heteroatoms. The Bertz CT molecular complexity index is 848. The highest BCUT2D eigenvalue weighted by Crippen LogP contribution is 2.38. The molecule has 0 saturated carbocycles. The third-order valence-electron chi connectivity index (χ3n) is 4.80. The topological polar surface area (TPSA) is 43.0 Å². The Kier molecular flexibility index (Phi) is 5.47. The van der Waals surface area contributed by atoms with Gasteiger partial charge in [-0.25, -0.2) is 0 Å². The summed E-state index contributed by atoms with van der Waals surface area (Å²) in [6, 6.07) is 12.5. The zero-order valence-corrected chi connectivity index (χ0v) is 15.9. The predicted molar refractivity (Wildman–Crippen MR) is 105 cm³/mol. The first-order valence-electron chi connectivity index (χ1n) is 9.12. The minimum absolute atomic E-state index is 0.113. The van der Waals surface area contributed by atoms with E-state index in [0.29, 0.717) is 18.3 Å². The van der Waals surface area contributed by atoms with Gasteiger partial charge in [-0.1, -0.05) is 6.07 Å². The zero-order chi connectivity index (χ0) is 19.5. The van der Waals surface area contributed by atoms with Gasteiger partial charge >= 0.3 is 6.61 Å². The van der Waals surface area contributed by atoms with E-state index in [1.165, 1.54) is 12.1 Å². The standard InChI is InChI=1S/C20H20F2N2O3S/c21-19(22)27-15-6-4-14(5-7-15)23-20(28)24-9-1-2-16(24)13-3-8-17-18(12-13)26-11-10-25-17/h3-8,12,16,19H,1-2,9-11H2,(H,23,28)/t16-/m0/s1. The fraction of sp³-hybridized carbons (Fsp3) is 0.350. The summed E-state index contributed by atoms with van der Waals surface area (Å²) in [5.41, 5.74) is 1.85. The summed E-state index contributed by atoms with van der Waals surface area (Å²) >= 11 is 5.60. The van der Waals surface area contributed by atoms with Crippen molar-refractivity contribution in [1.82, 2.24) is 4.90 Å². The van der Waals surface area contributed by atoms with Crippen LogP contribution in [0.2, 0.25) is 0 Å². The minimum Gasteiger partial charge on any atom is -0.486 e. The lowest BCUT2D eigenvalue weighted by atomic mass is 10.0. The molecule has 0 bridgehead atoms. The van der Waals surface area contributed by atoms with Crippen LogP contribution in [0.5, 0.6) is 17.2 Å². The normalized spacial score (nSPS) is 18.2. The predicted octanol–water partition coefficient (Wildman–Crippen LogP) is 4.59. The number of thiocarbonyl (C=S) groups is 1. The molecule has 1 N–H and O–H groups in total. The number of nitrogens with zero attached hydrogens (tertiary/aromatic N) is 1. The van der Waals surface area contributed by atoms with Crippen molar-refractivity contribution in [2.45, 2.75) is 25.5 Å². The average Bonchev–Trinajstić information content (AvgIpc) is 3.19. The highest BCUT2D eigenvalue weighted by molar-refractivity contribution is 7.80. The third kappa shape index (κ3) is 4.11. The summed E-state index contributed by atoms with van der Waals surface area (Å²) in [4.78, 5) is 2.14. The van der Waals surface area contributed by atoms with Crippen LogP contribution in [0.1, 0.15) is 24.4 Å². The lowest BCUT2D eigenvalue weighted by Crippen LogP contribution is -2.34. The van der Waals surface area contributed by atoms with Gasteiger partial charge in [-0.15, -0.1) is 0 Å². The molecule has 148 valence electrons. The van der Waals surface area contributed by atoms with E-state index in [0.717, 1.165) is 42.1 Å². The first kappa shape index (κ1) is 18.7. The average molecular weight is 406 g/mol. The van der Waals surface area contributed by atoms with Crippen LogP contribution < -0.4 is 19.5 Å². The van der Waals surface area contributed by atoms with Crippen molar-refractivity contribution in [3.05, 3.63) is 48.0 Å². The molecule has 1 fully saturated rings. The number of likely N-dealkylation sites (tertiary alicyclic amines) is 1. The Labute approximate surface area is 167 Å². The van der Waals surface area contributed by atoms with Gasteiger partial charge in [-0.05, 0) is 67.0 Å². The van der Waals surface area contributed by atoms with E-state index in [4.69, 9.17) is 21.7 Å². The third-order valence-corrected chi connectivity index (χ3v) is 5.13. The van der Waals surface area contributed by atoms with Gasteiger partial charge in [-0.3, -0.25) is 0 Å². The highest BCUT2D eigenvalue weighted by Gasteiger charge is 2.29. The molecule has 4 rings (SSSR count). The van der Waals surface area contributed by atoms with Crippen LogP contribution in [0.3, 0.4) is 0 Å². The van der Waals surface area contributed by atoms with Crippen LogP contribution in [-0.4, -0.2) is 36.4 Å². The van der Waals surface area contributed by atoms with Gasteiger partial charge < -0.3 is 24.4 Å². The van der Waals surface area contributed by atoms with Crippen LogP contribution in [0.15, 0.2) is 42.5 Å². The van der Waals surface area contributed by atoms with Crippen LogP contribution in [0, 0.1) is 0 Å². The molecule has 0 amide bonds. The lowest BCUT2D eigenvalue weighted by molar-refractivity contribution is -0.0498. The fourth-order valence-corrected chi connectivity index (χ4v) is 3.87. The Balaban J connectivity index is 1.45. The first-order chi connectivity index (χ1) is 13.6. The van der Waals surface area contributed by atoms with Gasteiger partial charge in [0, 0.05) is 12.2 Å². The number of benzene rings is 2. The van der Waals surface area contributed by atoms with Crippen molar-refractivity contribution in [3.63, 3.8) is 0 Å². The van der Waals surface area contributed by atoms with Crippen LogP contribution >= 0.6 is 12.2 Å². The Morgan fingerprint density at radius 1 is 1.11 bits per heavy atom. The molecule has 5 nitrogen and oxygen atoms in total. The maximum absolute atomic E-state index is 12.3. The second-order valence-corrected chi connectivity index (χ2v) is 6.97. The molecule has 0 aromatic heterocycles. The molecule has 28 heavy (non-hydrogen) atoms. The monoisotopic (exact) mass is 406 g/mol. The van der Waals surface area contributed by atoms with E-state index in [9.17, 15) is 8.78 Å². The van der Waals surface area contributed by atoms with E-state index in [2.05, 4.69) is 21.0 Å². The second kappa shape index (κ2) is 8.18. The van der Waals surface area contributed by atoms with E-state index < -0.39 is 6.61 Å². The van der Waals surface area contributed by atoms with Gasteiger partial charge in [0.15, 0.2) is 16.6 Å². The number of rotatable bonds is 4. The molecule has 2 heterocycles. The molecule has 0 unspecified atom stereocenters. The summed E-state index contributed by atoms with van der Waals surface area (Å²) < 4.78 is 40.2. The summed E-state index contributed by atoms with van der Waals surface area (Å²) in [7, 11) is 0. The van der Waals surface area contributed by atoms with Gasteiger partial charge in [-0.2, -0.15) is 8.78 Å². The Hall–Kier alpha value is -2.61. The molecular weight excluding hydrogens is 386 g/mol. The van der Waals surface area contributed by atoms with Crippen molar-refractivity contribution in [3.8, 4) is 17.2 Å². The molecular formula is C20H20F2N2O3S. The number of halogens is 2. The number of hydrogen-bond donors (Lipinski definition) is 1. The largest absolute Gasteiger partial charge is 0.486 e. The lowest BCUT2D eigenvalue weighted by Gasteiger charge is -2.29. The van der Waals surface area contributed by atoms with E-state index in [1.807, 2.05) is 12.1 Å². The van der Waals surface area contributed by atoms with Crippen LogP contribution in [0.4, 0.5) is 14.5 Å². The first-order valence-corrected chi connectivity index (χ1v) is 9.53.